The molecule has 0 radical (unpaired) electrons. The Kier molecular flexibility index (Phi) is 5.94. The normalized spacial score (nSPS) is 12.7. The molecule has 1 atom stereocenters. The van der Waals surface area contributed by atoms with Crippen molar-refractivity contribution in [2.24, 2.45) is 5.73 Å². The number of primary amides is 1. The molecule has 10 heteroatoms. The predicted molar refractivity (Wildman–Crippen MR) is 87.5 cm³/mol. The van der Waals surface area contributed by atoms with E-state index in [1.165, 1.54) is 36.7 Å². The van der Waals surface area contributed by atoms with Crippen molar-refractivity contribution < 1.29 is 13.2 Å². The zero-order chi connectivity index (χ0) is 16.9. The van der Waals surface area contributed by atoms with E-state index in [-0.39, 0.29) is 11.4 Å². The number of nitrogens with zero attached hydrogens (tertiary/aromatic N) is 2. The average Bonchev–Trinajstić information content (AvgIpc) is 2.52. The third-order valence-corrected chi connectivity index (χ3v) is 5.49. The summed E-state index contributed by atoms with van der Waals surface area (Å²) in [5.74, 6) is -0.666. The smallest absolute Gasteiger partial charge is 0.240 e. The molecule has 0 spiro atoms. The van der Waals surface area contributed by atoms with Gasteiger partial charge in [0, 0.05) is 24.0 Å². The summed E-state index contributed by atoms with van der Waals surface area (Å²) >= 11 is 6.72. The molecule has 23 heavy (non-hydrogen) atoms. The van der Waals surface area contributed by atoms with Gasteiger partial charge in [0.1, 0.15) is 5.25 Å². The molecule has 0 unspecified atom stereocenters. The summed E-state index contributed by atoms with van der Waals surface area (Å²) in [6, 6.07) is 7.31. The number of aromatic nitrogens is 2. The first-order valence-electron chi connectivity index (χ1n) is 6.37. The van der Waals surface area contributed by atoms with Crippen molar-refractivity contribution in [2.75, 3.05) is 6.54 Å². The van der Waals surface area contributed by atoms with Crippen LogP contribution in [0.15, 0.2) is 52.8 Å². The monoisotopic (exact) mass is 372 g/mol. The number of benzene rings is 1. The van der Waals surface area contributed by atoms with Crippen LogP contribution in [0.2, 0.25) is 5.02 Å². The molecule has 1 aromatic heterocycles. The lowest BCUT2D eigenvalue weighted by molar-refractivity contribution is -0.117. The minimum absolute atomic E-state index is 0.0473. The van der Waals surface area contributed by atoms with Gasteiger partial charge in [0.05, 0.1) is 4.90 Å². The first kappa shape index (κ1) is 17.7. The summed E-state index contributed by atoms with van der Waals surface area (Å²) in [4.78, 5) is 19.5. The maximum absolute atomic E-state index is 12.2. The number of carbonyl (C=O) groups excluding carboxylic acids is 1. The molecular weight excluding hydrogens is 360 g/mol. The van der Waals surface area contributed by atoms with Crippen LogP contribution in [-0.2, 0) is 14.8 Å². The minimum atomic E-state index is -3.77. The largest absolute Gasteiger partial charge is 0.369 e. The molecule has 2 rings (SSSR count). The first-order valence-corrected chi connectivity index (χ1v) is 9.11. The van der Waals surface area contributed by atoms with Gasteiger partial charge >= 0.3 is 0 Å². The van der Waals surface area contributed by atoms with Crippen LogP contribution in [0.3, 0.4) is 0 Å². The van der Waals surface area contributed by atoms with Crippen LogP contribution in [0.1, 0.15) is 0 Å². The number of nitrogens with one attached hydrogen (secondary N) is 1. The molecule has 1 aromatic carbocycles. The van der Waals surface area contributed by atoms with Crippen LogP contribution in [0.5, 0.6) is 0 Å². The van der Waals surface area contributed by atoms with Gasteiger partial charge in [0.2, 0.25) is 15.9 Å². The van der Waals surface area contributed by atoms with E-state index in [9.17, 15) is 13.2 Å². The number of carbonyl (C=O) groups is 1. The fourth-order valence-corrected chi connectivity index (χ4v) is 3.62. The quantitative estimate of drug-likeness (QED) is 0.554. The van der Waals surface area contributed by atoms with Gasteiger partial charge in [-0.05, 0) is 30.3 Å². The zero-order valence-electron chi connectivity index (χ0n) is 11.7. The van der Waals surface area contributed by atoms with Crippen molar-refractivity contribution in [3.05, 3.63) is 47.7 Å². The lowest BCUT2D eigenvalue weighted by Crippen LogP contribution is -2.38. The molecule has 122 valence electrons. The highest BCUT2D eigenvalue weighted by Gasteiger charge is 2.22. The Morgan fingerprint density at radius 2 is 1.87 bits per heavy atom. The molecule has 7 nitrogen and oxygen atoms in total. The van der Waals surface area contributed by atoms with Crippen molar-refractivity contribution in [3.63, 3.8) is 0 Å². The SMILES string of the molecule is NC(=O)[C@@H](CNS(=O)(=O)c1ccc(Cl)cc1)Sc1ncccn1. The Bertz CT molecular complexity index is 770. The fourth-order valence-electron chi connectivity index (χ4n) is 1.56. The Balaban J connectivity index is 2.06. The second-order valence-corrected chi connectivity index (χ2v) is 7.72. The number of sulfonamides is 1. The Morgan fingerprint density at radius 3 is 2.43 bits per heavy atom. The molecule has 2 aromatic rings. The van der Waals surface area contributed by atoms with E-state index in [0.29, 0.717) is 10.2 Å². The number of nitrogens with two attached hydrogens (primary N) is 1. The summed E-state index contributed by atoms with van der Waals surface area (Å²) in [6.07, 6.45) is 3.04. The van der Waals surface area contributed by atoms with Crippen LogP contribution < -0.4 is 10.5 Å². The second-order valence-electron chi connectivity index (χ2n) is 4.35. The van der Waals surface area contributed by atoms with Gasteiger partial charge in [0.25, 0.3) is 0 Å². The van der Waals surface area contributed by atoms with E-state index in [0.717, 1.165) is 11.8 Å². The molecule has 3 N–H and O–H groups in total. The van der Waals surface area contributed by atoms with E-state index in [4.69, 9.17) is 17.3 Å². The molecule has 0 aliphatic carbocycles. The lowest BCUT2D eigenvalue weighted by atomic mass is 10.4. The van der Waals surface area contributed by atoms with Gasteiger partial charge in [0.15, 0.2) is 5.16 Å². The molecule has 0 fully saturated rings. The Hall–Kier alpha value is -1.68. The molecule has 0 bridgehead atoms. The predicted octanol–water partition coefficient (Wildman–Crippen LogP) is 1.05. The minimum Gasteiger partial charge on any atom is -0.369 e. The number of hydrogen-bond acceptors (Lipinski definition) is 6. The van der Waals surface area contributed by atoms with Crippen LogP contribution in [0.4, 0.5) is 0 Å². The number of rotatable bonds is 7. The van der Waals surface area contributed by atoms with Crippen molar-refractivity contribution in [1.29, 1.82) is 0 Å². The van der Waals surface area contributed by atoms with Crippen LogP contribution >= 0.6 is 23.4 Å². The Labute approximate surface area is 142 Å². The third-order valence-electron chi connectivity index (χ3n) is 2.69. The lowest BCUT2D eigenvalue weighted by Gasteiger charge is -2.13. The van der Waals surface area contributed by atoms with E-state index >= 15 is 0 Å². The summed E-state index contributed by atoms with van der Waals surface area (Å²) in [7, 11) is -3.77. The Morgan fingerprint density at radius 1 is 1.26 bits per heavy atom. The summed E-state index contributed by atoms with van der Waals surface area (Å²) in [5, 5.41) is -0.0720. The molecule has 1 amide bonds. The summed E-state index contributed by atoms with van der Waals surface area (Å²) in [5.41, 5.74) is 5.30. The molecule has 0 aliphatic heterocycles. The van der Waals surface area contributed by atoms with Crippen molar-refractivity contribution in [3.8, 4) is 0 Å². The highest BCUT2D eigenvalue weighted by Crippen LogP contribution is 2.19. The van der Waals surface area contributed by atoms with Crippen LogP contribution in [0, 0.1) is 0 Å². The van der Waals surface area contributed by atoms with Gasteiger partial charge in [-0.15, -0.1) is 0 Å². The van der Waals surface area contributed by atoms with Gasteiger partial charge in [-0.1, -0.05) is 23.4 Å². The van der Waals surface area contributed by atoms with Crippen LogP contribution in [0.25, 0.3) is 0 Å². The van der Waals surface area contributed by atoms with Crippen LogP contribution in [-0.4, -0.2) is 36.1 Å². The van der Waals surface area contributed by atoms with Gasteiger partial charge < -0.3 is 5.73 Å². The number of thioether (sulfide) groups is 1. The number of halogens is 1. The summed E-state index contributed by atoms with van der Waals surface area (Å²) in [6.45, 7) is -0.177. The van der Waals surface area contributed by atoms with Gasteiger partial charge in [-0.2, -0.15) is 0 Å². The number of hydrogen-bond donors (Lipinski definition) is 2. The molecular formula is C13H13ClN4O3S2. The van der Waals surface area contributed by atoms with E-state index < -0.39 is 21.2 Å². The third kappa shape index (κ3) is 5.17. The average molecular weight is 373 g/mol. The van der Waals surface area contributed by atoms with Crippen molar-refractivity contribution in [2.45, 2.75) is 15.3 Å². The molecule has 0 aliphatic rings. The first-order chi connectivity index (χ1) is 10.9. The van der Waals surface area contributed by atoms with Crippen molar-refractivity contribution >= 4 is 39.3 Å². The van der Waals surface area contributed by atoms with E-state index in [1.807, 2.05) is 0 Å². The topological polar surface area (TPSA) is 115 Å². The molecule has 0 saturated heterocycles. The highest BCUT2D eigenvalue weighted by atomic mass is 35.5. The highest BCUT2D eigenvalue weighted by molar-refractivity contribution is 8.00. The summed E-state index contributed by atoms with van der Waals surface area (Å²) < 4.78 is 26.7. The van der Waals surface area contributed by atoms with Crippen molar-refractivity contribution in [1.82, 2.24) is 14.7 Å². The second kappa shape index (κ2) is 7.73. The molecule has 1 heterocycles. The van der Waals surface area contributed by atoms with Gasteiger partial charge in [-0.3, -0.25) is 4.79 Å². The maximum atomic E-state index is 12.2. The standard InChI is InChI=1S/C13H13ClN4O3S2/c14-9-2-4-10(5-3-9)23(20,21)18-8-11(12(15)19)22-13-16-6-1-7-17-13/h1-7,11,18H,8H2,(H2,15,19)/t11-/m1/s1. The molecule has 0 saturated carbocycles. The van der Waals surface area contributed by atoms with Gasteiger partial charge in [-0.25, -0.2) is 23.1 Å². The fraction of sp³-hybridized carbons (Fsp3) is 0.154. The maximum Gasteiger partial charge on any atom is 0.240 e. The number of amides is 1. The van der Waals surface area contributed by atoms with E-state index in [2.05, 4.69) is 14.7 Å². The zero-order valence-corrected chi connectivity index (χ0v) is 14.1. The van der Waals surface area contributed by atoms with E-state index in [1.54, 1.807) is 6.07 Å².